The van der Waals surface area contributed by atoms with Gasteiger partial charge in [-0.05, 0) is 47.8 Å². The molecule has 0 bridgehead atoms. The minimum absolute atomic E-state index is 0.102. The van der Waals surface area contributed by atoms with Crippen molar-refractivity contribution in [3.05, 3.63) is 71.8 Å². The molecule has 6 nitrogen and oxygen atoms in total. The number of rotatable bonds is 11. The molecule has 2 aliphatic rings. The predicted molar refractivity (Wildman–Crippen MR) is 144 cm³/mol. The lowest BCUT2D eigenvalue weighted by atomic mass is 9.96. The van der Waals surface area contributed by atoms with Crippen molar-refractivity contribution in [1.82, 2.24) is 15.1 Å². The van der Waals surface area contributed by atoms with Gasteiger partial charge in [-0.2, -0.15) is 0 Å². The van der Waals surface area contributed by atoms with Crippen LogP contribution in [0.3, 0.4) is 0 Å². The Balaban J connectivity index is 1.67. The summed E-state index contributed by atoms with van der Waals surface area (Å²) in [6.45, 7) is 17.1. The molecule has 2 aliphatic heterocycles. The van der Waals surface area contributed by atoms with Crippen LogP contribution in [-0.2, 0) is 20.9 Å². The second-order valence-electron chi connectivity index (χ2n) is 10.3. The van der Waals surface area contributed by atoms with Gasteiger partial charge in [-0.3, -0.25) is 14.4 Å². The van der Waals surface area contributed by atoms with Crippen LogP contribution in [0.25, 0.3) is 0 Å². The first-order chi connectivity index (χ1) is 17.2. The first-order valence-corrected chi connectivity index (χ1v) is 13.2. The third kappa shape index (κ3) is 5.80. The van der Waals surface area contributed by atoms with E-state index in [1.807, 2.05) is 13.8 Å². The van der Waals surface area contributed by atoms with Crippen LogP contribution in [0.5, 0.6) is 0 Å². The molecule has 3 rings (SSSR count). The third-order valence-electron chi connectivity index (χ3n) is 7.42. The summed E-state index contributed by atoms with van der Waals surface area (Å²) in [5, 5.41) is 3.03. The van der Waals surface area contributed by atoms with Gasteiger partial charge in [-0.1, -0.05) is 83.7 Å². The van der Waals surface area contributed by atoms with E-state index in [1.54, 1.807) is 15.9 Å². The number of nitrogens with one attached hydrogen (secondary N) is 1. The number of likely N-dealkylation sites (tertiary alicyclic amines) is 1. The molecule has 1 aromatic carbocycles. The minimum Gasteiger partial charge on any atom is -0.350 e. The number of nitrogens with zero attached hydrogens (tertiary/aromatic N) is 2. The van der Waals surface area contributed by atoms with E-state index in [9.17, 15) is 14.4 Å². The number of hydrogen-bond donors (Lipinski definition) is 1. The van der Waals surface area contributed by atoms with Crippen molar-refractivity contribution in [2.75, 3.05) is 13.1 Å². The average Bonchev–Trinajstić information content (AvgIpc) is 3.47. The Labute approximate surface area is 216 Å². The Morgan fingerprint density at radius 1 is 1.14 bits per heavy atom. The van der Waals surface area contributed by atoms with Crippen LogP contribution in [0.1, 0.15) is 70.4 Å². The highest BCUT2D eigenvalue weighted by Crippen LogP contribution is 2.29. The molecule has 36 heavy (non-hydrogen) atoms. The molecule has 0 saturated carbocycles. The van der Waals surface area contributed by atoms with E-state index >= 15 is 0 Å². The van der Waals surface area contributed by atoms with Gasteiger partial charge in [0.25, 0.3) is 5.91 Å². The smallest absolute Gasteiger partial charge is 0.255 e. The molecule has 1 fully saturated rings. The summed E-state index contributed by atoms with van der Waals surface area (Å²) in [6, 6.07) is 7.23. The Morgan fingerprint density at radius 2 is 1.83 bits per heavy atom. The van der Waals surface area contributed by atoms with Gasteiger partial charge in [0.1, 0.15) is 12.1 Å². The largest absolute Gasteiger partial charge is 0.350 e. The van der Waals surface area contributed by atoms with E-state index in [4.69, 9.17) is 0 Å². The topological polar surface area (TPSA) is 69.7 Å². The summed E-state index contributed by atoms with van der Waals surface area (Å²) in [5.74, 6) is -0.0953. The molecule has 0 radical (unpaired) electrons. The summed E-state index contributed by atoms with van der Waals surface area (Å²) < 4.78 is 0. The molecule has 0 aromatic heterocycles. The first-order valence-electron chi connectivity index (χ1n) is 13.2. The molecule has 1 N–H and O–H groups in total. The summed E-state index contributed by atoms with van der Waals surface area (Å²) in [5.41, 5.74) is 3.62. The lowest BCUT2D eigenvalue weighted by Crippen LogP contribution is -2.55. The molecule has 0 spiro atoms. The van der Waals surface area contributed by atoms with Crippen LogP contribution < -0.4 is 5.32 Å². The number of carbonyl (C=O) groups is 3. The van der Waals surface area contributed by atoms with E-state index in [1.165, 1.54) is 11.6 Å². The minimum atomic E-state index is -0.643. The van der Waals surface area contributed by atoms with Gasteiger partial charge in [0.15, 0.2) is 0 Å². The van der Waals surface area contributed by atoms with Crippen molar-refractivity contribution >= 4 is 17.7 Å². The Hall–Kier alpha value is -3.15. The second kappa shape index (κ2) is 12.2. The van der Waals surface area contributed by atoms with Crippen LogP contribution in [-0.4, -0.2) is 52.7 Å². The highest BCUT2D eigenvalue weighted by molar-refractivity contribution is 6.03. The lowest BCUT2D eigenvalue weighted by molar-refractivity contribution is -0.147. The Morgan fingerprint density at radius 3 is 2.39 bits per heavy atom. The molecule has 3 amide bonds. The van der Waals surface area contributed by atoms with E-state index in [0.717, 1.165) is 30.4 Å². The Bertz CT molecular complexity index is 1020. The fraction of sp³-hybridized carbons (Fsp3) is 0.500. The summed E-state index contributed by atoms with van der Waals surface area (Å²) in [4.78, 5) is 43.2. The zero-order chi connectivity index (χ0) is 26.4. The highest BCUT2D eigenvalue weighted by atomic mass is 16.2. The van der Waals surface area contributed by atoms with Crippen molar-refractivity contribution in [2.24, 2.45) is 5.92 Å². The molecular weight excluding hydrogens is 450 g/mol. The van der Waals surface area contributed by atoms with E-state index in [0.29, 0.717) is 37.5 Å². The molecule has 0 aliphatic carbocycles. The highest BCUT2D eigenvalue weighted by Gasteiger charge is 2.43. The number of amides is 3. The van der Waals surface area contributed by atoms with Gasteiger partial charge in [0.05, 0.1) is 0 Å². The second-order valence-corrected chi connectivity index (χ2v) is 10.3. The number of carbonyl (C=O) groups excluding carboxylic acids is 3. The maximum atomic E-state index is 13.7. The van der Waals surface area contributed by atoms with Crippen molar-refractivity contribution in [3.8, 4) is 0 Å². The predicted octanol–water partition coefficient (Wildman–Crippen LogP) is 4.73. The zero-order valence-corrected chi connectivity index (χ0v) is 22.3. The SMILES string of the molecule is C=CC1=C(C=C)C(=O)N(C(C(=O)N2CCCC2C(=O)NCc2ccc(C(C)CCC)cc2)C(C)C)C1. The average molecular weight is 492 g/mol. The van der Waals surface area contributed by atoms with Gasteiger partial charge in [0, 0.05) is 25.2 Å². The van der Waals surface area contributed by atoms with Crippen LogP contribution in [0, 0.1) is 5.92 Å². The molecule has 1 saturated heterocycles. The number of benzene rings is 1. The molecular formula is C30H41N3O3. The van der Waals surface area contributed by atoms with Crippen molar-refractivity contribution < 1.29 is 14.4 Å². The standard InChI is InChI=1S/C30H41N3O3/c1-7-11-21(6)24-15-13-22(14-16-24)18-31-28(34)26-12-10-17-32(26)30(36)27(20(4)5)33-19-23(8-2)25(9-3)29(33)35/h8-9,13-16,20-21,26-27H,2-3,7,10-12,17-19H2,1,4-6H3,(H,31,34). The fourth-order valence-electron chi connectivity index (χ4n) is 5.37. The molecule has 6 heteroatoms. The normalized spacial score (nSPS) is 19.6. The maximum Gasteiger partial charge on any atom is 0.255 e. The monoisotopic (exact) mass is 491 g/mol. The van der Waals surface area contributed by atoms with Crippen molar-refractivity contribution in [1.29, 1.82) is 0 Å². The van der Waals surface area contributed by atoms with Gasteiger partial charge < -0.3 is 15.1 Å². The molecule has 3 atom stereocenters. The van der Waals surface area contributed by atoms with Crippen molar-refractivity contribution in [3.63, 3.8) is 0 Å². The van der Waals surface area contributed by atoms with Gasteiger partial charge >= 0.3 is 0 Å². The molecule has 3 unspecified atom stereocenters. The van der Waals surface area contributed by atoms with Gasteiger partial charge in [-0.15, -0.1) is 0 Å². The molecule has 1 aromatic rings. The van der Waals surface area contributed by atoms with Crippen LogP contribution >= 0.6 is 0 Å². The third-order valence-corrected chi connectivity index (χ3v) is 7.42. The van der Waals surface area contributed by atoms with Crippen LogP contribution in [0.2, 0.25) is 0 Å². The maximum absolute atomic E-state index is 13.7. The van der Waals surface area contributed by atoms with Crippen LogP contribution in [0.15, 0.2) is 60.7 Å². The lowest BCUT2D eigenvalue weighted by Gasteiger charge is -2.35. The summed E-state index contributed by atoms with van der Waals surface area (Å²) >= 11 is 0. The van der Waals surface area contributed by atoms with E-state index in [-0.39, 0.29) is 23.6 Å². The summed E-state index contributed by atoms with van der Waals surface area (Å²) in [6.07, 6.45) is 6.88. The van der Waals surface area contributed by atoms with Gasteiger partial charge in [-0.25, -0.2) is 0 Å². The van der Waals surface area contributed by atoms with Crippen molar-refractivity contribution in [2.45, 2.75) is 77.9 Å². The first kappa shape index (κ1) is 27.4. The van der Waals surface area contributed by atoms with Gasteiger partial charge in [0.2, 0.25) is 11.8 Å². The zero-order valence-electron chi connectivity index (χ0n) is 22.3. The molecule has 2 heterocycles. The van der Waals surface area contributed by atoms with E-state index < -0.39 is 12.1 Å². The van der Waals surface area contributed by atoms with E-state index in [2.05, 4.69) is 56.6 Å². The number of hydrogen-bond acceptors (Lipinski definition) is 3. The quantitative estimate of drug-likeness (QED) is 0.486. The fourth-order valence-corrected chi connectivity index (χ4v) is 5.37. The Kier molecular flexibility index (Phi) is 9.30. The molecule has 194 valence electrons. The van der Waals surface area contributed by atoms with Crippen LogP contribution in [0.4, 0.5) is 0 Å². The summed E-state index contributed by atoms with van der Waals surface area (Å²) in [7, 11) is 0.